The number of methoxy groups -OCH3 is 1. The molecule has 0 aliphatic heterocycles. The Balaban J connectivity index is 1.97. The minimum Gasteiger partial charge on any atom is -0.480 e. The minimum absolute atomic E-state index is 0.00289. The first-order valence-electron chi connectivity index (χ1n) is 8.44. The standard InChI is InChI=1S/C20H17N3O3S/c1-11-5-14(19-15(6-11)22-17(26-2)9-21-19)20-23-18-13(3-4-24)7-12(10-25)8-16(18)27-20/h5-10,24H,3-4H2,1-2H3. The van der Waals surface area contributed by atoms with Crippen molar-refractivity contribution >= 4 is 38.9 Å². The lowest BCUT2D eigenvalue weighted by Crippen LogP contribution is -1.95. The van der Waals surface area contributed by atoms with E-state index in [9.17, 15) is 9.90 Å². The summed E-state index contributed by atoms with van der Waals surface area (Å²) < 4.78 is 6.09. The molecule has 27 heavy (non-hydrogen) atoms. The monoisotopic (exact) mass is 379 g/mol. The molecule has 0 atom stereocenters. The second-order valence-corrected chi connectivity index (χ2v) is 7.26. The normalized spacial score (nSPS) is 11.2. The fourth-order valence-electron chi connectivity index (χ4n) is 3.13. The Bertz CT molecular complexity index is 1170. The van der Waals surface area contributed by atoms with Gasteiger partial charge >= 0.3 is 0 Å². The van der Waals surface area contributed by atoms with Crippen LogP contribution in [0.1, 0.15) is 21.5 Å². The van der Waals surface area contributed by atoms with Crippen LogP contribution in [-0.2, 0) is 6.42 Å². The van der Waals surface area contributed by atoms with Gasteiger partial charge in [0.05, 0.1) is 34.6 Å². The van der Waals surface area contributed by atoms with Gasteiger partial charge in [-0.05, 0) is 48.7 Å². The molecule has 2 aromatic carbocycles. The van der Waals surface area contributed by atoms with E-state index < -0.39 is 0 Å². The van der Waals surface area contributed by atoms with E-state index in [1.807, 2.05) is 25.1 Å². The molecule has 4 rings (SSSR count). The molecular formula is C20H17N3O3S. The van der Waals surface area contributed by atoms with Gasteiger partial charge < -0.3 is 9.84 Å². The predicted molar refractivity (Wildman–Crippen MR) is 106 cm³/mol. The van der Waals surface area contributed by atoms with Crippen molar-refractivity contribution in [3.63, 3.8) is 0 Å². The first-order chi connectivity index (χ1) is 13.1. The Morgan fingerprint density at radius 1 is 1.19 bits per heavy atom. The molecule has 136 valence electrons. The molecular weight excluding hydrogens is 362 g/mol. The Morgan fingerprint density at radius 3 is 2.78 bits per heavy atom. The molecule has 0 radical (unpaired) electrons. The van der Waals surface area contributed by atoms with E-state index in [1.54, 1.807) is 19.4 Å². The largest absolute Gasteiger partial charge is 0.480 e. The van der Waals surface area contributed by atoms with Crippen LogP contribution in [0, 0.1) is 6.92 Å². The molecule has 0 saturated carbocycles. The van der Waals surface area contributed by atoms with Gasteiger partial charge in [0.25, 0.3) is 0 Å². The number of hydrogen-bond acceptors (Lipinski definition) is 7. The molecule has 0 spiro atoms. The average Bonchev–Trinajstić information content (AvgIpc) is 3.11. The van der Waals surface area contributed by atoms with Gasteiger partial charge in [-0.3, -0.25) is 4.79 Å². The highest BCUT2D eigenvalue weighted by atomic mass is 32.1. The summed E-state index contributed by atoms with van der Waals surface area (Å²) in [5, 5.41) is 10.2. The number of nitrogens with zero attached hydrogens (tertiary/aromatic N) is 3. The highest BCUT2D eigenvalue weighted by Crippen LogP contribution is 2.36. The van der Waals surface area contributed by atoms with Gasteiger partial charge in [-0.15, -0.1) is 11.3 Å². The number of hydrogen-bond donors (Lipinski definition) is 1. The van der Waals surface area contributed by atoms with Gasteiger partial charge in [-0.2, -0.15) is 0 Å². The lowest BCUT2D eigenvalue weighted by molar-refractivity contribution is 0.112. The number of aromatic nitrogens is 3. The molecule has 0 fully saturated rings. The minimum atomic E-state index is 0.00289. The summed E-state index contributed by atoms with van der Waals surface area (Å²) in [5.41, 5.74) is 5.69. The number of fused-ring (bicyclic) bond motifs is 2. The maximum atomic E-state index is 11.3. The number of thiazole rings is 1. The van der Waals surface area contributed by atoms with Crippen LogP contribution in [0.15, 0.2) is 30.5 Å². The smallest absolute Gasteiger partial charge is 0.232 e. The lowest BCUT2D eigenvalue weighted by atomic mass is 10.1. The van der Waals surface area contributed by atoms with E-state index in [0.29, 0.717) is 17.9 Å². The average molecular weight is 379 g/mol. The molecule has 2 aromatic heterocycles. The Kier molecular flexibility index (Phi) is 4.55. The van der Waals surface area contributed by atoms with Crippen molar-refractivity contribution in [2.24, 2.45) is 0 Å². The molecule has 7 heteroatoms. The molecule has 4 aromatic rings. The van der Waals surface area contributed by atoms with Crippen molar-refractivity contribution in [3.05, 3.63) is 47.2 Å². The number of aliphatic hydroxyl groups is 1. The van der Waals surface area contributed by atoms with E-state index in [4.69, 9.17) is 9.72 Å². The molecule has 0 aliphatic rings. The summed E-state index contributed by atoms with van der Waals surface area (Å²) in [5.74, 6) is 0.462. The van der Waals surface area contributed by atoms with Gasteiger partial charge in [0, 0.05) is 17.7 Å². The van der Waals surface area contributed by atoms with Crippen molar-refractivity contribution < 1.29 is 14.6 Å². The molecule has 0 amide bonds. The zero-order valence-corrected chi connectivity index (χ0v) is 15.7. The summed E-state index contributed by atoms with van der Waals surface area (Å²) in [6.45, 7) is 2.00. The lowest BCUT2D eigenvalue weighted by Gasteiger charge is -2.06. The Hall–Kier alpha value is -2.90. The number of rotatable bonds is 5. The molecule has 6 nitrogen and oxygen atoms in total. The third-order valence-electron chi connectivity index (χ3n) is 4.32. The Morgan fingerprint density at radius 2 is 2.04 bits per heavy atom. The van der Waals surface area contributed by atoms with Crippen molar-refractivity contribution in [1.82, 2.24) is 15.0 Å². The van der Waals surface area contributed by atoms with E-state index in [-0.39, 0.29) is 6.61 Å². The van der Waals surface area contributed by atoms with Gasteiger partial charge in [0.15, 0.2) is 0 Å². The molecule has 1 N–H and O–H groups in total. The number of carbonyl (C=O) groups is 1. The van der Waals surface area contributed by atoms with E-state index in [1.165, 1.54) is 11.3 Å². The first kappa shape index (κ1) is 17.5. The zero-order valence-electron chi connectivity index (χ0n) is 14.9. The van der Waals surface area contributed by atoms with Crippen LogP contribution < -0.4 is 4.74 Å². The predicted octanol–water partition coefficient (Wildman–Crippen LogP) is 3.57. The van der Waals surface area contributed by atoms with E-state index in [0.717, 1.165) is 49.2 Å². The third-order valence-corrected chi connectivity index (χ3v) is 5.36. The highest BCUT2D eigenvalue weighted by Gasteiger charge is 2.15. The quantitative estimate of drug-likeness (QED) is 0.534. The SMILES string of the molecule is COc1cnc2c(-c3nc4c(CCO)cc(C=O)cc4s3)cc(C)cc2n1. The topological polar surface area (TPSA) is 85.2 Å². The van der Waals surface area contributed by atoms with Crippen LogP contribution >= 0.6 is 11.3 Å². The fourth-order valence-corrected chi connectivity index (χ4v) is 4.21. The van der Waals surface area contributed by atoms with Crippen molar-refractivity contribution in [2.75, 3.05) is 13.7 Å². The van der Waals surface area contributed by atoms with E-state index >= 15 is 0 Å². The Labute approximate surface area is 159 Å². The molecule has 0 saturated heterocycles. The number of aldehydes is 1. The van der Waals surface area contributed by atoms with Gasteiger partial charge in [0.1, 0.15) is 11.3 Å². The van der Waals surface area contributed by atoms with Crippen LogP contribution in [0.3, 0.4) is 0 Å². The van der Waals surface area contributed by atoms with Crippen molar-refractivity contribution in [2.45, 2.75) is 13.3 Å². The first-order valence-corrected chi connectivity index (χ1v) is 9.26. The zero-order chi connectivity index (χ0) is 19.0. The second kappa shape index (κ2) is 7.02. The van der Waals surface area contributed by atoms with Gasteiger partial charge in [-0.1, -0.05) is 0 Å². The van der Waals surface area contributed by atoms with Crippen LogP contribution in [-0.4, -0.2) is 40.1 Å². The maximum Gasteiger partial charge on any atom is 0.232 e. The summed E-state index contributed by atoms with van der Waals surface area (Å²) in [7, 11) is 1.56. The number of aryl methyl sites for hydroxylation is 1. The van der Waals surface area contributed by atoms with Gasteiger partial charge in [-0.25, -0.2) is 15.0 Å². The molecule has 2 heterocycles. The molecule has 0 unspecified atom stereocenters. The third kappa shape index (κ3) is 3.15. The number of carbonyl (C=O) groups excluding carboxylic acids is 1. The van der Waals surface area contributed by atoms with Crippen LogP contribution in [0.25, 0.3) is 31.8 Å². The van der Waals surface area contributed by atoms with E-state index in [2.05, 4.69) is 9.97 Å². The highest BCUT2D eigenvalue weighted by molar-refractivity contribution is 7.21. The summed E-state index contributed by atoms with van der Waals surface area (Å²) >= 11 is 1.50. The molecule has 0 bridgehead atoms. The molecule has 0 aliphatic carbocycles. The van der Waals surface area contributed by atoms with Crippen LogP contribution in [0.4, 0.5) is 0 Å². The number of aliphatic hydroxyl groups excluding tert-OH is 1. The number of benzene rings is 2. The van der Waals surface area contributed by atoms with Crippen LogP contribution in [0.2, 0.25) is 0 Å². The van der Waals surface area contributed by atoms with Gasteiger partial charge in [0.2, 0.25) is 5.88 Å². The number of ether oxygens (including phenoxy) is 1. The summed E-state index contributed by atoms with van der Waals surface area (Å²) in [6, 6.07) is 7.61. The summed E-state index contributed by atoms with van der Waals surface area (Å²) in [4.78, 5) is 25.1. The fraction of sp³-hybridized carbons (Fsp3) is 0.200. The second-order valence-electron chi connectivity index (χ2n) is 6.23. The maximum absolute atomic E-state index is 11.3. The van der Waals surface area contributed by atoms with Crippen LogP contribution in [0.5, 0.6) is 5.88 Å². The summed E-state index contributed by atoms with van der Waals surface area (Å²) in [6.07, 6.45) is 2.86. The van der Waals surface area contributed by atoms with Crippen molar-refractivity contribution in [3.8, 4) is 16.5 Å². The van der Waals surface area contributed by atoms with Crippen molar-refractivity contribution in [1.29, 1.82) is 0 Å².